The van der Waals surface area contributed by atoms with Crippen LogP contribution in [0, 0.1) is 19.7 Å². The van der Waals surface area contributed by atoms with Crippen molar-refractivity contribution in [3.8, 4) is 34.1 Å². The Kier molecular flexibility index (Phi) is 6.52. The number of thioether (sulfide) groups is 1. The lowest BCUT2D eigenvalue weighted by Gasteiger charge is -2.11. The van der Waals surface area contributed by atoms with Crippen LogP contribution in [0.25, 0.3) is 44.4 Å². The molecule has 0 radical (unpaired) electrons. The fourth-order valence-corrected chi connectivity index (χ4v) is 6.28. The first-order valence-corrected chi connectivity index (χ1v) is 14.8. The maximum Gasteiger partial charge on any atom is 0.140 e. The van der Waals surface area contributed by atoms with Crippen LogP contribution in [-0.2, 0) is 0 Å². The Bertz CT molecular complexity index is 2090. The van der Waals surface area contributed by atoms with Gasteiger partial charge in [0.05, 0.1) is 22.9 Å². The van der Waals surface area contributed by atoms with Crippen molar-refractivity contribution in [2.45, 2.75) is 18.7 Å². The highest BCUT2D eigenvalue weighted by Gasteiger charge is 2.15. The van der Waals surface area contributed by atoms with E-state index in [1.165, 1.54) is 39.9 Å². The SMILES string of the molecule is CSc1cc(C)c(-c2cnn(-c3cccc(Oc4ccc5c6ccccc6n(-c6cc(F)ccn6)c5c4)c3)c2)c(C)c1. The van der Waals surface area contributed by atoms with Crippen LogP contribution >= 0.6 is 11.8 Å². The van der Waals surface area contributed by atoms with E-state index in [0.717, 1.165) is 33.1 Å². The molecular formula is C35H27FN4OS. The molecule has 0 aliphatic rings. The Morgan fingerprint density at radius 2 is 1.57 bits per heavy atom. The molecule has 7 aromatic rings. The zero-order valence-electron chi connectivity index (χ0n) is 23.4. The van der Waals surface area contributed by atoms with E-state index < -0.39 is 0 Å². The van der Waals surface area contributed by atoms with Crippen molar-refractivity contribution in [2.75, 3.05) is 6.26 Å². The zero-order valence-corrected chi connectivity index (χ0v) is 24.2. The highest BCUT2D eigenvalue weighted by Crippen LogP contribution is 2.36. The van der Waals surface area contributed by atoms with E-state index in [4.69, 9.17) is 4.74 Å². The molecule has 0 saturated carbocycles. The number of hydrogen-bond donors (Lipinski definition) is 0. The quantitative estimate of drug-likeness (QED) is 0.187. The summed E-state index contributed by atoms with van der Waals surface area (Å²) >= 11 is 1.75. The van der Waals surface area contributed by atoms with E-state index in [1.807, 2.05) is 76.1 Å². The summed E-state index contributed by atoms with van der Waals surface area (Å²) in [5.74, 6) is 1.54. The number of aromatic nitrogens is 4. The molecule has 3 aromatic heterocycles. The van der Waals surface area contributed by atoms with Gasteiger partial charge in [-0.1, -0.05) is 24.3 Å². The lowest BCUT2D eigenvalue weighted by molar-refractivity contribution is 0.483. The average molecular weight is 571 g/mol. The number of benzene rings is 4. The van der Waals surface area contributed by atoms with Crippen LogP contribution in [0.1, 0.15) is 11.1 Å². The summed E-state index contributed by atoms with van der Waals surface area (Å²) in [5, 5.41) is 6.77. The Hall–Kier alpha value is -4.88. The summed E-state index contributed by atoms with van der Waals surface area (Å²) in [6, 6.07) is 29.2. The number of aryl methyl sites for hydroxylation is 2. The van der Waals surface area contributed by atoms with Crippen molar-refractivity contribution < 1.29 is 9.13 Å². The van der Waals surface area contributed by atoms with E-state index in [-0.39, 0.29) is 5.82 Å². The van der Waals surface area contributed by atoms with Crippen molar-refractivity contribution in [3.63, 3.8) is 0 Å². The van der Waals surface area contributed by atoms with E-state index >= 15 is 0 Å². The Balaban J connectivity index is 1.24. The molecule has 0 atom stereocenters. The highest BCUT2D eigenvalue weighted by atomic mass is 32.2. The molecule has 5 nitrogen and oxygen atoms in total. The molecule has 0 saturated heterocycles. The first-order valence-electron chi connectivity index (χ1n) is 13.6. The predicted molar refractivity (Wildman–Crippen MR) is 169 cm³/mol. The number of rotatable bonds is 6. The number of nitrogens with zero attached hydrogens (tertiary/aromatic N) is 4. The van der Waals surface area contributed by atoms with Crippen LogP contribution in [0.3, 0.4) is 0 Å². The summed E-state index contributed by atoms with van der Waals surface area (Å²) < 4.78 is 24.4. The number of hydrogen-bond acceptors (Lipinski definition) is 4. The second-order valence-corrected chi connectivity index (χ2v) is 11.2. The van der Waals surface area contributed by atoms with Gasteiger partial charge in [-0.2, -0.15) is 5.10 Å². The van der Waals surface area contributed by atoms with Crippen molar-refractivity contribution in [2.24, 2.45) is 0 Å². The molecule has 0 amide bonds. The van der Waals surface area contributed by atoms with E-state index in [0.29, 0.717) is 17.3 Å². The normalized spacial score (nSPS) is 11.4. The van der Waals surface area contributed by atoms with Crippen molar-refractivity contribution in [1.29, 1.82) is 0 Å². The lowest BCUT2D eigenvalue weighted by atomic mass is 9.98. The van der Waals surface area contributed by atoms with Gasteiger partial charge in [0, 0.05) is 51.8 Å². The molecule has 42 heavy (non-hydrogen) atoms. The third-order valence-corrected chi connectivity index (χ3v) is 8.22. The van der Waals surface area contributed by atoms with Gasteiger partial charge < -0.3 is 4.74 Å². The van der Waals surface area contributed by atoms with Crippen LogP contribution in [-0.4, -0.2) is 25.6 Å². The maximum atomic E-state index is 14.2. The molecule has 7 rings (SSSR count). The Morgan fingerprint density at radius 1 is 0.786 bits per heavy atom. The lowest BCUT2D eigenvalue weighted by Crippen LogP contribution is -1.98. The monoisotopic (exact) mass is 570 g/mol. The molecule has 7 heteroatoms. The second-order valence-electron chi connectivity index (χ2n) is 10.3. The highest BCUT2D eigenvalue weighted by molar-refractivity contribution is 7.98. The molecular weight excluding hydrogens is 543 g/mol. The van der Waals surface area contributed by atoms with Crippen LogP contribution in [0.4, 0.5) is 4.39 Å². The molecule has 3 heterocycles. The first-order chi connectivity index (χ1) is 20.5. The summed E-state index contributed by atoms with van der Waals surface area (Å²) in [4.78, 5) is 5.72. The number of para-hydroxylation sites is 1. The molecule has 0 spiro atoms. The third-order valence-electron chi connectivity index (χ3n) is 7.51. The van der Waals surface area contributed by atoms with Crippen LogP contribution in [0.2, 0.25) is 0 Å². The molecule has 206 valence electrons. The van der Waals surface area contributed by atoms with Gasteiger partial charge in [-0.05, 0) is 85.3 Å². The van der Waals surface area contributed by atoms with Gasteiger partial charge in [0.15, 0.2) is 0 Å². The largest absolute Gasteiger partial charge is 0.457 e. The minimum atomic E-state index is -0.334. The summed E-state index contributed by atoms with van der Waals surface area (Å²) in [6.45, 7) is 4.29. The fraction of sp³-hybridized carbons (Fsp3) is 0.0857. The molecule has 0 N–H and O–H groups in total. The van der Waals surface area contributed by atoms with Gasteiger partial charge in [0.2, 0.25) is 0 Å². The fourth-order valence-electron chi connectivity index (χ4n) is 5.69. The Morgan fingerprint density at radius 3 is 2.38 bits per heavy atom. The van der Waals surface area contributed by atoms with E-state index in [1.54, 1.807) is 11.8 Å². The standard InChI is InChI=1S/C35H27FN4OS/c1-22-15-29(42-3)16-23(2)35(22)24-20-38-39(21-24)26-7-6-8-27(18-26)41-28-11-12-31-30-9-4-5-10-32(30)40(33(31)19-28)34-17-25(36)13-14-37-34/h4-21H,1-3H3. The van der Waals surface area contributed by atoms with E-state index in [2.05, 4.69) is 54.6 Å². The summed E-state index contributed by atoms with van der Waals surface area (Å²) in [7, 11) is 0. The minimum Gasteiger partial charge on any atom is -0.457 e. The molecule has 0 unspecified atom stereocenters. The zero-order chi connectivity index (χ0) is 28.8. The molecule has 4 aromatic carbocycles. The Labute approximate surface area is 247 Å². The smallest absolute Gasteiger partial charge is 0.140 e. The van der Waals surface area contributed by atoms with Gasteiger partial charge >= 0.3 is 0 Å². The predicted octanol–water partition coefficient (Wildman–Crippen LogP) is 9.30. The van der Waals surface area contributed by atoms with Crippen molar-refractivity contribution in [3.05, 3.63) is 127 Å². The number of halogens is 1. The van der Waals surface area contributed by atoms with Gasteiger partial charge in [-0.15, -0.1) is 11.8 Å². The summed E-state index contributed by atoms with van der Waals surface area (Å²) in [5.41, 5.74) is 7.49. The molecule has 0 bridgehead atoms. The van der Waals surface area contributed by atoms with Gasteiger partial charge in [0.1, 0.15) is 23.1 Å². The van der Waals surface area contributed by atoms with Crippen LogP contribution in [0.15, 0.2) is 114 Å². The van der Waals surface area contributed by atoms with Crippen molar-refractivity contribution >= 4 is 33.6 Å². The minimum absolute atomic E-state index is 0.334. The molecule has 0 aliphatic carbocycles. The summed E-state index contributed by atoms with van der Waals surface area (Å²) in [6.07, 6.45) is 7.55. The van der Waals surface area contributed by atoms with Crippen LogP contribution in [0.5, 0.6) is 11.5 Å². The molecule has 0 aliphatic heterocycles. The first kappa shape index (κ1) is 26.0. The molecule has 0 fully saturated rings. The van der Waals surface area contributed by atoms with Gasteiger partial charge in [-0.3, -0.25) is 4.57 Å². The number of ether oxygens (including phenoxy) is 1. The van der Waals surface area contributed by atoms with Gasteiger partial charge in [0.25, 0.3) is 0 Å². The van der Waals surface area contributed by atoms with Crippen LogP contribution < -0.4 is 4.74 Å². The second kappa shape index (κ2) is 10.5. The van der Waals surface area contributed by atoms with E-state index in [9.17, 15) is 4.39 Å². The van der Waals surface area contributed by atoms with Gasteiger partial charge in [-0.25, -0.2) is 14.1 Å². The number of pyridine rings is 1. The third kappa shape index (κ3) is 4.62. The number of fused-ring (bicyclic) bond motifs is 3. The van der Waals surface area contributed by atoms with Crippen molar-refractivity contribution in [1.82, 2.24) is 19.3 Å². The topological polar surface area (TPSA) is 44.9 Å². The average Bonchev–Trinajstić information content (AvgIpc) is 3.60. The maximum absolute atomic E-state index is 14.2.